The van der Waals surface area contributed by atoms with Crippen molar-refractivity contribution in [2.45, 2.75) is 20.0 Å². The Balaban J connectivity index is 2.68. The number of methoxy groups -OCH3 is 1. The molecule has 1 aromatic carbocycles. The van der Waals surface area contributed by atoms with Crippen LogP contribution in [0.3, 0.4) is 0 Å². The second kappa shape index (κ2) is 8.43. The summed E-state index contributed by atoms with van der Waals surface area (Å²) < 4.78 is 10.6. The number of aliphatic hydroxyl groups excluding tert-OH is 1. The zero-order chi connectivity index (χ0) is 15.8. The molecule has 1 unspecified atom stereocenters. The van der Waals surface area contributed by atoms with E-state index in [1.54, 1.807) is 0 Å². The van der Waals surface area contributed by atoms with Gasteiger partial charge in [0.25, 0.3) is 5.69 Å². The van der Waals surface area contributed by atoms with E-state index in [1.807, 2.05) is 13.8 Å². The number of nitro benzene ring substituents is 1. The predicted molar refractivity (Wildman–Crippen MR) is 78.9 cm³/mol. The Bertz CT molecular complexity index is 463. The molecular weight excluding hydrogens is 276 g/mol. The maximum absolute atomic E-state index is 10.8. The minimum Gasteiger partial charge on any atom is -0.493 e. The van der Waals surface area contributed by atoms with Gasteiger partial charge in [-0.05, 0) is 19.2 Å². The molecule has 7 heteroatoms. The average Bonchev–Trinajstić information content (AvgIpc) is 2.50. The normalized spacial score (nSPS) is 12.2. The fourth-order valence-corrected chi connectivity index (χ4v) is 1.91. The van der Waals surface area contributed by atoms with Crippen LogP contribution < -0.4 is 9.47 Å². The molecule has 1 N–H and O–H groups in total. The Hall–Kier alpha value is -1.86. The van der Waals surface area contributed by atoms with Crippen LogP contribution in [0.25, 0.3) is 0 Å². The highest BCUT2D eigenvalue weighted by molar-refractivity contribution is 5.48. The van der Waals surface area contributed by atoms with Crippen LogP contribution in [-0.2, 0) is 0 Å². The largest absolute Gasteiger partial charge is 0.493 e. The molecule has 0 amide bonds. The summed E-state index contributed by atoms with van der Waals surface area (Å²) in [6.07, 6.45) is -0.672. The van der Waals surface area contributed by atoms with Crippen molar-refractivity contribution in [1.82, 2.24) is 4.90 Å². The van der Waals surface area contributed by atoms with Crippen LogP contribution in [0.15, 0.2) is 18.2 Å². The highest BCUT2D eigenvalue weighted by atomic mass is 16.6. The van der Waals surface area contributed by atoms with Crippen LogP contribution in [0.5, 0.6) is 11.5 Å². The minimum absolute atomic E-state index is 0.0496. The summed E-state index contributed by atoms with van der Waals surface area (Å²) in [5.74, 6) is 0.654. The van der Waals surface area contributed by atoms with Crippen molar-refractivity contribution in [3.05, 3.63) is 28.3 Å². The summed E-state index contributed by atoms with van der Waals surface area (Å²) >= 11 is 0. The molecule has 0 aliphatic rings. The lowest BCUT2D eigenvalue weighted by atomic mass is 10.2. The number of nitro groups is 1. The van der Waals surface area contributed by atoms with Gasteiger partial charge in [-0.3, -0.25) is 10.1 Å². The van der Waals surface area contributed by atoms with E-state index in [4.69, 9.17) is 9.47 Å². The van der Waals surface area contributed by atoms with E-state index in [1.165, 1.54) is 25.3 Å². The Morgan fingerprint density at radius 1 is 1.33 bits per heavy atom. The molecule has 0 heterocycles. The standard InChI is InChI=1S/C14H22N2O5/c1-4-15(5-2)9-12(17)10-21-14-8-11(16(18)19)6-7-13(14)20-3/h6-8,12,17H,4-5,9-10H2,1-3H3. The van der Waals surface area contributed by atoms with Crippen LogP contribution in [0, 0.1) is 10.1 Å². The van der Waals surface area contributed by atoms with Gasteiger partial charge in [0.05, 0.1) is 18.1 Å². The highest BCUT2D eigenvalue weighted by Crippen LogP contribution is 2.31. The van der Waals surface area contributed by atoms with Gasteiger partial charge in [-0.15, -0.1) is 0 Å². The molecule has 0 saturated heterocycles. The molecule has 0 aromatic heterocycles. The fraction of sp³-hybridized carbons (Fsp3) is 0.571. The van der Waals surface area contributed by atoms with Gasteiger partial charge in [-0.25, -0.2) is 0 Å². The molecule has 0 aliphatic carbocycles. The number of nitrogens with zero attached hydrogens (tertiary/aromatic N) is 2. The number of hydrogen-bond donors (Lipinski definition) is 1. The number of aliphatic hydroxyl groups is 1. The molecule has 1 atom stereocenters. The molecule has 1 rings (SSSR count). The zero-order valence-electron chi connectivity index (χ0n) is 12.6. The van der Waals surface area contributed by atoms with Crippen molar-refractivity contribution >= 4 is 5.69 Å². The Labute approximate surface area is 124 Å². The fourth-order valence-electron chi connectivity index (χ4n) is 1.91. The molecule has 0 aliphatic heterocycles. The van der Waals surface area contributed by atoms with E-state index in [0.29, 0.717) is 12.3 Å². The van der Waals surface area contributed by atoms with Crippen LogP contribution >= 0.6 is 0 Å². The second-order valence-corrected chi connectivity index (χ2v) is 4.54. The molecule has 21 heavy (non-hydrogen) atoms. The summed E-state index contributed by atoms with van der Waals surface area (Å²) in [6, 6.07) is 4.12. The third-order valence-corrected chi connectivity index (χ3v) is 3.15. The number of rotatable bonds is 9. The number of non-ortho nitro benzene ring substituents is 1. The lowest BCUT2D eigenvalue weighted by molar-refractivity contribution is -0.385. The van der Waals surface area contributed by atoms with Crippen molar-refractivity contribution in [2.24, 2.45) is 0 Å². The van der Waals surface area contributed by atoms with Gasteiger partial charge in [-0.2, -0.15) is 0 Å². The minimum atomic E-state index is -0.672. The van der Waals surface area contributed by atoms with E-state index >= 15 is 0 Å². The summed E-state index contributed by atoms with van der Waals surface area (Å²) in [4.78, 5) is 12.3. The van der Waals surface area contributed by atoms with E-state index in [0.717, 1.165) is 13.1 Å². The summed E-state index contributed by atoms with van der Waals surface area (Å²) in [5.41, 5.74) is -0.0796. The molecule has 1 aromatic rings. The topological polar surface area (TPSA) is 85.1 Å². The Morgan fingerprint density at radius 2 is 2.00 bits per heavy atom. The van der Waals surface area contributed by atoms with Crippen LogP contribution in [0.1, 0.15) is 13.8 Å². The van der Waals surface area contributed by atoms with E-state index in [9.17, 15) is 15.2 Å². The van der Waals surface area contributed by atoms with Gasteiger partial charge in [-0.1, -0.05) is 13.8 Å². The molecule has 7 nitrogen and oxygen atoms in total. The molecule has 0 fully saturated rings. The van der Waals surface area contributed by atoms with Crippen molar-refractivity contribution < 1.29 is 19.5 Å². The quantitative estimate of drug-likeness (QED) is 0.551. The molecule has 0 spiro atoms. The average molecular weight is 298 g/mol. The summed E-state index contributed by atoms with van der Waals surface area (Å²) in [6.45, 7) is 6.25. The predicted octanol–water partition coefficient (Wildman–Crippen LogP) is 1.68. The number of hydrogen-bond acceptors (Lipinski definition) is 6. The van der Waals surface area contributed by atoms with Gasteiger partial charge in [0.15, 0.2) is 11.5 Å². The van der Waals surface area contributed by atoms with Gasteiger partial charge < -0.3 is 19.5 Å². The van der Waals surface area contributed by atoms with E-state index in [-0.39, 0.29) is 18.0 Å². The Kier molecular flexibility index (Phi) is 6.90. The molecule has 118 valence electrons. The Morgan fingerprint density at radius 3 is 2.52 bits per heavy atom. The molecule has 0 bridgehead atoms. The lowest BCUT2D eigenvalue weighted by Crippen LogP contribution is -2.35. The SMILES string of the molecule is CCN(CC)CC(O)COc1cc([N+](=O)[O-])ccc1OC. The third-order valence-electron chi connectivity index (χ3n) is 3.15. The zero-order valence-corrected chi connectivity index (χ0v) is 12.6. The smallest absolute Gasteiger partial charge is 0.273 e. The second-order valence-electron chi connectivity index (χ2n) is 4.54. The third kappa shape index (κ3) is 5.20. The van der Waals surface area contributed by atoms with E-state index in [2.05, 4.69) is 4.90 Å². The number of benzene rings is 1. The van der Waals surface area contributed by atoms with Gasteiger partial charge >= 0.3 is 0 Å². The van der Waals surface area contributed by atoms with Gasteiger partial charge in [0, 0.05) is 12.6 Å². The first-order valence-corrected chi connectivity index (χ1v) is 6.87. The van der Waals surface area contributed by atoms with Crippen LogP contribution in [-0.4, -0.2) is 54.4 Å². The first kappa shape index (κ1) is 17.2. The molecule has 0 radical (unpaired) electrons. The van der Waals surface area contributed by atoms with Gasteiger partial charge in [0.2, 0.25) is 0 Å². The van der Waals surface area contributed by atoms with Crippen molar-refractivity contribution in [3.63, 3.8) is 0 Å². The number of ether oxygens (including phenoxy) is 2. The van der Waals surface area contributed by atoms with Crippen molar-refractivity contribution in [2.75, 3.05) is 33.4 Å². The molecule has 0 saturated carbocycles. The van der Waals surface area contributed by atoms with Crippen LogP contribution in [0.2, 0.25) is 0 Å². The van der Waals surface area contributed by atoms with Crippen molar-refractivity contribution in [1.29, 1.82) is 0 Å². The van der Waals surface area contributed by atoms with Crippen molar-refractivity contribution in [3.8, 4) is 11.5 Å². The highest BCUT2D eigenvalue weighted by Gasteiger charge is 2.15. The lowest BCUT2D eigenvalue weighted by Gasteiger charge is -2.22. The maximum Gasteiger partial charge on any atom is 0.273 e. The monoisotopic (exact) mass is 298 g/mol. The van der Waals surface area contributed by atoms with E-state index < -0.39 is 11.0 Å². The first-order chi connectivity index (χ1) is 10.0. The number of likely N-dealkylation sites (N-methyl/N-ethyl adjacent to an activating group) is 1. The maximum atomic E-state index is 10.8. The first-order valence-electron chi connectivity index (χ1n) is 6.87. The van der Waals surface area contributed by atoms with Gasteiger partial charge in [0.1, 0.15) is 12.7 Å². The summed E-state index contributed by atoms with van der Waals surface area (Å²) in [7, 11) is 1.46. The molecular formula is C14H22N2O5. The summed E-state index contributed by atoms with van der Waals surface area (Å²) in [5, 5.41) is 20.7. The van der Waals surface area contributed by atoms with Crippen LogP contribution in [0.4, 0.5) is 5.69 Å².